The van der Waals surface area contributed by atoms with Crippen LogP contribution in [0.2, 0.25) is 0 Å². The van der Waals surface area contributed by atoms with Crippen molar-refractivity contribution in [2.75, 3.05) is 23.3 Å². The normalized spacial score (nSPS) is 12.9. The molecule has 4 rings (SSSR count). The number of nitro groups is 1. The number of amides is 1. The number of carbonyl (C=O) groups is 1. The number of pyridine rings is 1. The van der Waals surface area contributed by atoms with Gasteiger partial charge in [-0.2, -0.15) is 0 Å². The van der Waals surface area contributed by atoms with E-state index in [2.05, 4.69) is 15.6 Å². The van der Waals surface area contributed by atoms with Crippen molar-refractivity contribution < 1.29 is 9.72 Å². The number of thiocarbonyl (C=S) groups is 1. The van der Waals surface area contributed by atoms with Gasteiger partial charge in [-0.05, 0) is 79.0 Å². The molecule has 1 fully saturated rings. The fraction of sp³-hybridized carbons (Fsp3) is 0.208. The lowest BCUT2D eigenvalue weighted by Gasteiger charge is -2.18. The molecule has 33 heavy (non-hydrogen) atoms. The average molecular weight is 462 g/mol. The standard InChI is InChI=1S/C24H23N5O3S/c30-23(19-5-8-21(22(16-19)29(31)32)28-13-1-2-14-28)27-24(33)26-20-6-3-17(4-7-20)15-18-9-11-25-12-10-18/h3-12,16H,1-2,13-15H2,(H2,26,27,30,33). The molecule has 1 aliphatic rings. The van der Waals surface area contributed by atoms with Crippen LogP contribution in [0.1, 0.15) is 34.3 Å². The summed E-state index contributed by atoms with van der Waals surface area (Å²) in [5.74, 6) is -0.502. The van der Waals surface area contributed by atoms with Gasteiger partial charge in [-0.3, -0.25) is 25.2 Å². The number of anilines is 2. The molecule has 0 atom stereocenters. The van der Waals surface area contributed by atoms with E-state index in [1.807, 2.05) is 41.3 Å². The van der Waals surface area contributed by atoms with Crippen molar-refractivity contribution in [3.63, 3.8) is 0 Å². The molecular weight excluding hydrogens is 438 g/mol. The van der Waals surface area contributed by atoms with Gasteiger partial charge in [-0.25, -0.2) is 0 Å². The molecule has 0 bridgehead atoms. The summed E-state index contributed by atoms with van der Waals surface area (Å²) in [5.41, 5.74) is 3.68. The topological polar surface area (TPSA) is 100 Å². The van der Waals surface area contributed by atoms with Crippen LogP contribution in [0.5, 0.6) is 0 Å². The second-order valence-electron chi connectivity index (χ2n) is 7.79. The monoisotopic (exact) mass is 461 g/mol. The third kappa shape index (κ3) is 5.69. The van der Waals surface area contributed by atoms with E-state index in [4.69, 9.17) is 12.2 Å². The summed E-state index contributed by atoms with van der Waals surface area (Å²) in [7, 11) is 0. The predicted molar refractivity (Wildman–Crippen MR) is 132 cm³/mol. The fourth-order valence-corrected chi connectivity index (χ4v) is 4.03. The smallest absolute Gasteiger partial charge is 0.293 e. The van der Waals surface area contributed by atoms with Gasteiger partial charge in [-0.1, -0.05) is 12.1 Å². The van der Waals surface area contributed by atoms with Gasteiger partial charge >= 0.3 is 0 Å². The van der Waals surface area contributed by atoms with Crippen LogP contribution >= 0.6 is 12.2 Å². The minimum Gasteiger partial charge on any atom is -0.366 e. The number of nitrogens with one attached hydrogen (secondary N) is 2. The zero-order chi connectivity index (χ0) is 23.2. The molecule has 0 spiro atoms. The minimum atomic E-state index is -0.502. The molecule has 1 amide bonds. The molecule has 3 aromatic rings. The van der Waals surface area contributed by atoms with E-state index in [1.165, 1.54) is 11.6 Å². The maximum absolute atomic E-state index is 12.6. The molecule has 0 saturated carbocycles. The van der Waals surface area contributed by atoms with Crippen molar-refractivity contribution in [2.45, 2.75) is 19.3 Å². The molecule has 168 valence electrons. The molecule has 2 heterocycles. The Morgan fingerprint density at radius 3 is 2.36 bits per heavy atom. The summed E-state index contributed by atoms with van der Waals surface area (Å²) in [6.07, 6.45) is 6.33. The molecule has 1 saturated heterocycles. The SMILES string of the molecule is O=C(NC(=S)Nc1ccc(Cc2ccncc2)cc1)c1ccc(N2CCCC2)c([N+](=O)[O-])c1. The third-order valence-electron chi connectivity index (χ3n) is 5.48. The molecule has 0 aliphatic carbocycles. The maximum Gasteiger partial charge on any atom is 0.293 e. The number of nitrogens with zero attached hydrogens (tertiary/aromatic N) is 3. The van der Waals surface area contributed by atoms with Crippen LogP contribution in [0.25, 0.3) is 0 Å². The fourth-order valence-electron chi connectivity index (χ4n) is 3.82. The molecule has 1 aliphatic heterocycles. The first-order valence-corrected chi connectivity index (χ1v) is 11.0. The summed E-state index contributed by atoms with van der Waals surface area (Å²) in [6.45, 7) is 1.56. The average Bonchev–Trinajstić information content (AvgIpc) is 3.35. The van der Waals surface area contributed by atoms with Crippen molar-refractivity contribution in [1.82, 2.24) is 10.3 Å². The molecule has 2 aromatic carbocycles. The van der Waals surface area contributed by atoms with Gasteiger partial charge < -0.3 is 10.2 Å². The van der Waals surface area contributed by atoms with Crippen LogP contribution < -0.4 is 15.5 Å². The largest absolute Gasteiger partial charge is 0.366 e. The Bertz CT molecular complexity index is 1160. The van der Waals surface area contributed by atoms with Crippen molar-refractivity contribution in [1.29, 1.82) is 0 Å². The number of carbonyl (C=O) groups excluding carboxylic acids is 1. The molecule has 0 radical (unpaired) electrons. The van der Waals surface area contributed by atoms with Crippen molar-refractivity contribution >= 4 is 40.3 Å². The number of hydrogen-bond acceptors (Lipinski definition) is 6. The molecule has 1 aromatic heterocycles. The van der Waals surface area contributed by atoms with Gasteiger partial charge in [0.2, 0.25) is 0 Å². The zero-order valence-electron chi connectivity index (χ0n) is 17.9. The Morgan fingerprint density at radius 1 is 1.03 bits per heavy atom. The van der Waals surface area contributed by atoms with Crippen LogP contribution in [0.4, 0.5) is 17.1 Å². The predicted octanol–water partition coefficient (Wildman–Crippen LogP) is 4.31. The van der Waals surface area contributed by atoms with Crippen LogP contribution in [0.3, 0.4) is 0 Å². The van der Waals surface area contributed by atoms with Gasteiger partial charge in [0.15, 0.2) is 5.11 Å². The number of aromatic nitrogens is 1. The van der Waals surface area contributed by atoms with E-state index in [0.29, 0.717) is 5.69 Å². The molecule has 2 N–H and O–H groups in total. The maximum atomic E-state index is 12.6. The Kier molecular flexibility index (Phi) is 6.89. The highest BCUT2D eigenvalue weighted by Gasteiger charge is 2.24. The van der Waals surface area contributed by atoms with E-state index in [0.717, 1.165) is 43.6 Å². The van der Waals surface area contributed by atoms with Gasteiger partial charge in [0.05, 0.1) is 4.92 Å². The third-order valence-corrected chi connectivity index (χ3v) is 5.68. The summed E-state index contributed by atoms with van der Waals surface area (Å²) in [4.78, 5) is 29.7. The highest BCUT2D eigenvalue weighted by Crippen LogP contribution is 2.31. The van der Waals surface area contributed by atoms with Crippen molar-refractivity contribution in [3.05, 3.63) is 93.8 Å². The number of nitro benzene ring substituents is 1. The number of rotatable bonds is 6. The van der Waals surface area contributed by atoms with E-state index in [9.17, 15) is 14.9 Å². The first-order valence-electron chi connectivity index (χ1n) is 10.6. The number of benzene rings is 2. The minimum absolute atomic E-state index is 0.0757. The summed E-state index contributed by atoms with van der Waals surface area (Å²) >= 11 is 5.26. The van der Waals surface area contributed by atoms with Gasteiger partial charge in [-0.15, -0.1) is 0 Å². The van der Waals surface area contributed by atoms with E-state index in [1.54, 1.807) is 24.5 Å². The van der Waals surface area contributed by atoms with Gasteiger partial charge in [0.25, 0.3) is 11.6 Å². The Labute approximate surface area is 196 Å². The lowest BCUT2D eigenvalue weighted by atomic mass is 10.1. The quantitative estimate of drug-likeness (QED) is 0.321. The molecule has 9 heteroatoms. The lowest BCUT2D eigenvalue weighted by molar-refractivity contribution is -0.384. The summed E-state index contributed by atoms with van der Waals surface area (Å²) < 4.78 is 0. The highest BCUT2D eigenvalue weighted by atomic mass is 32.1. The Balaban J connectivity index is 1.37. The summed E-state index contributed by atoms with van der Waals surface area (Å²) in [6, 6.07) is 16.2. The van der Waals surface area contributed by atoms with Crippen LogP contribution in [-0.4, -0.2) is 34.0 Å². The van der Waals surface area contributed by atoms with Crippen LogP contribution in [-0.2, 0) is 6.42 Å². The Morgan fingerprint density at radius 2 is 1.70 bits per heavy atom. The van der Waals surface area contributed by atoms with Crippen molar-refractivity contribution in [3.8, 4) is 0 Å². The number of hydrogen-bond donors (Lipinski definition) is 2. The van der Waals surface area contributed by atoms with Gasteiger partial charge in [0, 0.05) is 42.8 Å². The molecular formula is C24H23N5O3S. The first-order chi connectivity index (χ1) is 16.0. The lowest BCUT2D eigenvalue weighted by Crippen LogP contribution is -2.34. The Hall–Kier alpha value is -3.85. The second kappa shape index (κ2) is 10.2. The summed E-state index contributed by atoms with van der Waals surface area (Å²) in [5, 5.41) is 17.3. The first kappa shape index (κ1) is 22.3. The van der Waals surface area contributed by atoms with E-state index < -0.39 is 10.8 Å². The van der Waals surface area contributed by atoms with Gasteiger partial charge in [0.1, 0.15) is 5.69 Å². The second-order valence-corrected chi connectivity index (χ2v) is 8.20. The van der Waals surface area contributed by atoms with E-state index >= 15 is 0 Å². The highest BCUT2D eigenvalue weighted by molar-refractivity contribution is 7.80. The zero-order valence-corrected chi connectivity index (χ0v) is 18.7. The van der Waals surface area contributed by atoms with Crippen molar-refractivity contribution in [2.24, 2.45) is 0 Å². The van der Waals surface area contributed by atoms with E-state index in [-0.39, 0.29) is 16.4 Å². The molecule has 0 unspecified atom stereocenters. The van der Waals surface area contributed by atoms with Crippen LogP contribution in [0, 0.1) is 10.1 Å². The molecule has 8 nitrogen and oxygen atoms in total. The van der Waals surface area contributed by atoms with Crippen LogP contribution in [0.15, 0.2) is 67.0 Å².